The van der Waals surface area contributed by atoms with Crippen molar-refractivity contribution in [1.82, 2.24) is 5.32 Å². The lowest BCUT2D eigenvalue weighted by atomic mass is 10.1. The summed E-state index contributed by atoms with van der Waals surface area (Å²) in [6, 6.07) is 5.72. The van der Waals surface area contributed by atoms with Gasteiger partial charge in [0.2, 0.25) is 0 Å². The Morgan fingerprint density at radius 1 is 1.44 bits per heavy atom. The van der Waals surface area contributed by atoms with Gasteiger partial charge < -0.3 is 11.1 Å². The Kier molecular flexibility index (Phi) is 3.19. The molecule has 1 aliphatic rings. The van der Waals surface area contributed by atoms with Crippen molar-refractivity contribution in [2.75, 3.05) is 0 Å². The minimum Gasteiger partial charge on any atom is -0.348 e. The fourth-order valence-electron chi connectivity index (χ4n) is 2.05. The highest BCUT2D eigenvalue weighted by Crippen LogP contribution is 2.17. The van der Waals surface area contributed by atoms with E-state index in [2.05, 4.69) is 5.32 Å². The highest BCUT2D eigenvalue weighted by atomic mass is 19.1. The molecule has 2 unspecified atom stereocenters. The van der Waals surface area contributed by atoms with E-state index in [9.17, 15) is 9.18 Å². The highest BCUT2D eigenvalue weighted by molar-refractivity contribution is 5.94. The summed E-state index contributed by atoms with van der Waals surface area (Å²) in [6.45, 7) is 0. The van der Waals surface area contributed by atoms with Crippen LogP contribution in [0.5, 0.6) is 0 Å². The molecule has 3 N–H and O–H groups in total. The van der Waals surface area contributed by atoms with Crippen LogP contribution in [0.1, 0.15) is 29.6 Å². The Morgan fingerprint density at radius 2 is 2.25 bits per heavy atom. The van der Waals surface area contributed by atoms with Crippen molar-refractivity contribution in [3.8, 4) is 0 Å². The van der Waals surface area contributed by atoms with Gasteiger partial charge in [-0.25, -0.2) is 4.39 Å². The maximum atomic E-state index is 12.9. The van der Waals surface area contributed by atoms with Gasteiger partial charge >= 0.3 is 0 Å². The number of carbonyl (C=O) groups is 1. The minimum absolute atomic E-state index is 0.0239. The molecule has 0 bridgehead atoms. The van der Waals surface area contributed by atoms with Crippen LogP contribution < -0.4 is 11.1 Å². The average molecular weight is 222 g/mol. The molecule has 0 saturated heterocycles. The first-order valence-electron chi connectivity index (χ1n) is 5.49. The van der Waals surface area contributed by atoms with Crippen LogP contribution in [-0.4, -0.2) is 18.0 Å². The van der Waals surface area contributed by atoms with Crippen LogP contribution in [-0.2, 0) is 0 Å². The van der Waals surface area contributed by atoms with Crippen LogP contribution in [0.4, 0.5) is 4.39 Å². The van der Waals surface area contributed by atoms with Crippen molar-refractivity contribution >= 4 is 5.91 Å². The summed E-state index contributed by atoms with van der Waals surface area (Å²) in [7, 11) is 0. The standard InChI is InChI=1S/C12H15FN2O/c13-9-4-1-3-8(7-9)12(16)15-11-6-2-5-10(11)14/h1,3-4,7,10-11H,2,5-6,14H2,(H,15,16). The number of rotatable bonds is 2. The smallest absolute Gasteiger partial charge is 0.251 e. The lowest BCUT2D eigenvalue weighted by molar-refractivity contribution is 0.0934. The molecule has 1 saturated carbocycles. The number of benzene rings is 1. The van der Waals surface area contributed by atoms with Crippen LogP contribution in [0.3, 0.4) is 0 Å². The van der Waals surface area contributed by atoms with E-state index in [1.165, 1.54) is 18.2 Å². The molecule has 1 aromatic rings. The predicted molar refractivity (Wildman–Crippen MR) is 59.5 cm³/mol. The molecule has 86 valence electrons. The second-order valence-electron chi connectivity index (χ2n) is 4.19. The first kappa shape index (κ1) is 11.1. The molecule has 0 spiro atoms. The highest BCUT2D eigenvalue weighted by Gasteiger charge is 2.25. The number of hydrogen-bond acceptors (Lipinski definition) is 2. The summed E-state index contributed by atoms with van der Waals surface area (Å²) in [5.41, 5.74) is 6.19. The SMILES string of the molecule is NC1CCCC1NC(=O)c1cccc(F)c1. The van der Waals surface area contributed by atoms with E-state index < -0.39 is 5.82 Å². The molecule has 16 heavy (non-hydrogen) atoms. The molecule has 3 nitrogen and oxygen atoms in total. The van der Waals surface area contributed by atoms with E-state index in [1.54, 1.807) is 6.07 Å². The number of carbonyl (C=O) groups excluding carboxylic acids is 1. The zero-order valence-corrected chi connectivity index (χ0v) is 8.95. The van der Waals surface area contributed by atoms with Gasteiger partial charge in [-0.2, -0.15) is 0 Å². The van der Waals surface area contributed by atoms with Gasteiger partial charge in [0.25, 0.3) is 5.91 Å². The molecule has 0 radical (unpaired) electrons. The molecule has 2 rings (SSSR count). The Labute approximate surface area is 93.8 Å². The Balaban J connectivity index is 2.03. The number of nitrogens with one attached hydrogen (secondary N) is 1. The summed E-state index contributed by atoms with van der Waals surface area (Å²) in [5.74, 6) is -0.648. The largest absolute Gasteiger partial charge is 0.348 e. The predicted octanol–water partition coefficient (Wildman–Crippen LogP) is 1.44. The molecule has 0 heterocycles. The summed E-state index contributed by atoms with van der Waals surface area (Å²) >= 11 is 0. The fourth-order valence-corrected chi connectivity index (χ4v) is 2.05. The third kappa shape index (κ3) is 2.39. The van der Waals surface area contributed by atoms with E-state index >= 15 is 0 Å². The van der Waals surface area contributed by atoms with Gasteiger partial charge in [0.15, 0.2) is 0 Å². The summed E-state index contributed by atoms with van der Waals surface area (Å²) in [5, 5.41) is 2.84. The Bertz CT molecular complexity index is 394. The minimum atomic E-state index is -0.400. The normalized spacial score (nSPS) is 24.4. The van der Waals surface area contributed by atoms with Crippen LogP contribution in [0.25, 0.3) is 0 Å². The van der Waals surface area contributed by atoms with Crippen molar-refractivity contribution in [2.24, 2.45) is 5.73 Å². The first-order valence-corrected chi connectivity index (χ1v) is 5.49. The van der Waals surface area contributed by atoms with Crippen molar-refractivity contribution in [1.29, 1.82) is 0 Å². The van der Waals surface area contributed by atoms with Crippen molar-refractivity contribution in [2.45, 2.75) is 31.3 Å². The number of halogens is 1. The zero-order valence-electron chi connectivity index (χ0n) is 8.95. The quantitative estimate of drug-likeness (QED) is 0.795. The Morgan fingerprint density at radius 3 is 2.88 bits per heavy atom. The monoisotopic (exact) mass is 222 g/mol. The van der Waals surface area contributed by atoms with Crippen molar-refractivity contribution in [3.05, 3.63) is 35.6 Å². The van der Waals surface area contributed by atoms with Crippen LogP contribution in [0, 0.1) is 5.82 Å². The van der Waals surface area contributed by atoms with E-state index in [0.29, 0.717) is 5.56 Å². The zero-order chi connectivity index (χ0) is 11.5. The van der Waals surface area contributed by atoms with Gasteiger partial charge in [0, 0.05) is 17.6 Å². The summed E-state index contributed by atoms with van der Waals surface area (Å²) in [6.07, 6.45) is 2.88. The molecule has 1 amide bonds. The molecule has 0 aliphatic heterocycles. The maximum Gasteiger partial charge on any atom is 0.251 e. The van der Waals surface area contributed by atoms with E-state index in [-0.39, 0.29) is 18.0 Å². The average Bonchev–Trinajstić information content (AvgIpc) is 2.64. The van der Waals surface area contributed by atoms with Crippen LogP contribution >= 0.6 is 0 Å². The number of amides is 1. The molecule has 1 aliphatic carbocycles. The third-order valence-electron chi connectivity index (χ3n) is 2.97. The summed E-state index contributed by atoms with van der Waals surface area (Å²) in [4.78, 5) is 11.8. The van der Waals surface area contributed by atoms with Gasteiger partial charge in [-0.1, -0.05) is 6.07 Å². The van der Waals surface area contributed by atoms with Gasteiger partial charge in [0.05, 0.1) is 0 Å². The van der Waals surface area contributed by atoms with E-state index in [0.717, 1.165) is 19.3 Å². The molecule has 0 aromatic heterocycles. The Hall–Kier alpha value is -1.42. The van der Waals surface area contributed by atoms with Crippen LogP contribution in [0.15, 0.2) is 24.3 Å². The van der Waals surface area contributed by atoms with Crippen LogP contribution in [0.2, 0.25) is 0 Å². The topological polar surface area (TPSA) is 55.1 Å². The van der Waals surface area contributed by atoms with Gasteiger partial charge in [0.1, 0.15) is 5.82 Å². The molecule has 2 atom stereocenters. The van der Waals surface area contributed by atoms with Gasteiger partial charge in [-0.05, 0) is 37.5 Å². The van der Waals surface area contributed by atoms with E-state index in [1.807, 2.05) is 0 Å². The molecular weight excluding hydrogens is 207 g/mol. The number of nitrogens with two attached hydrogens (primary N) is 1. The first-order chi connectivity index (χ1) is 7.66. The van der Waals surface area contributed by atoms with Gasteiger partial charge in [-0.3, -0.25) is 4.79 Å². The second-order valence-corrected chi connectivity index (χ2v) is 4.19. The third-order valence-corrected chi connectivity index (χ3v) is 2.97. The molecular formula is C12H15FN2O. The second kappa shape index (κ2) is 4.61. The van der Waals surface area contributed by atoms with Gasteiger partial charge in [-0.15, -0.1) is 0 Å². The van der Waals surface area contributed by atoms with Crippen molar-refractivity contribution < 1.29 is 9.18 Å². The lowest BCUT2D eigenvalue weighted by Gasteiger charge is -2.17. The van der Waals surface area contributed by atoms with Crippen molar-refractivity contribution in [3.63, 3.8) is 0 Å². The molecule has 4 heteroatoms. The lowest BCUT2D eigenvalue weighted by Crippen LogP contribution is -2.43. The maximum absolute atomic E-state index is 12.9. The fraction of sp³-hybridized carbons (Fsp3) is 0.417. The van der Waals surface area contributed by atoms with E-state index in [4.69, 9.17) is 5.73 Å². The summed E-state index contributed by atoms with van der Waals surface area (Å²) < 4.78 is 12.9. The number of hydrogen-bond donors (Lipinski definition) is 2. The molecule has 1 fully saturated rings. The molecule has 1 aromatic carbocycles.